The molecule has 0 fully saturated rings. The highest BCUT2D eigenvalue weighted by Gasteiger charge is 2.13. The van der Waals surface area contributed by atoms with Gasteiger partial charge in [-0.15, -0.1) is 0 Å². The van der Waals surface area contributed by atoms with Gasteiger partial charge in [0, 0.05) is 12.7 Å². The summed E-state index contributed by atoms with van der Waals surface area (Å²) in [6.07, 6.45) is 1.59. The molecule has 9 heteroatoms. The van der Waals surface area contributed by atoms with Crippen molar-refractivity contribution >= 4 is 33.8 Å². The van der Waals surface area contributed by atoms with Crippen LogP contribution in [0.2, 0.25) is 0 Å². The number of anilines is 1. The number of benzene rings is 1. The predicted octanol–water partition coefficient (Wildman–Crippen LogP) is 2.36. The van der Waals surface area contributed by atoms with Crippen LogP contribution in [-0.4, -0.2) is 31.6 Å². The Morgan fingerprint density at radius 1 is 1.33 bits per heavy atom. The Morgan fingerprint density at radius 3 is 2.75 bits per heavy atom. The second-order valence-electron chi connectivity index (χ2n) is 5.05. The lowest BCUT2D eigenvalue weighted by molar-refractivity contribution is 0.0955. The van der Waals surface area contributed by atoms with E-state index in [-0.39, 0.29) is 28.2 Å². The van der Waals surface area contributed by atoms with Crippen LogP contribution in [0.5, 0.6) is 0 Å². The van der Waals surface area contributed by atoms with Crippen molar-refractivity contribution in [3.05, 3.63) is 58.1 Å². The molecule has 0 aliphatic carbocycles. The molecule has 1 amide bonds. The highest BCUT2D eigenvalue weighted by molar-refractivity contribution is 7.92. The zero-order valence-corrected chi connectivity index (χ0v) is 14.4. The van der Waals surface area contributed by atoms with Gasteiger partial charge >= 0.3 is 0 Å². The average Bonchev–Trinajstić information content (AvgIpc) is 2.51. The van der Waals surface area contributed by atoms with Crippen molar-refractivity contribution in [2.45, 2.75) is 6.92 Å². The fraction of sp³-hybridized carbons (Fsp3) is 0.200. The van der Waals surface area contributed by atoms with E-state index in [4.69, 9.17) is 12.2 Å². The Kier molecular flexibility index (Phi) is 5.68. The highest BCUT2D eigenvalue weighted by Crippen LogP contribution is 2.14. The number of halogens is 1. The molecule has 6 nitrogen and oxygen atoms in total. The van der Waals surface area contributed by atoms with Gasteiger partial charge in [-0.1, -0.05) is 18.3 Å². The third-order valence-electron chi connectivity index (χ3n) is 3.16. The van der Waals surface area contributed by atoms with Gasteiger partial charge in [-0.05, 0) is 36.8 Å². The molecule has 2 rings (SSSR count). The Balaban J connectivity index is 1.93. The maximum atomic E-state index is 13.4. The molecule has 1 aromatic carbocycles. The number of hydrogen-bond acceptors (Lipinski definition) is 4. The van der Waals surface area contributed by atoms with E-state index in [0.717, 1.165) is 6.07 Å². The number of pyridine rings is 1. The van der Waals surface area contributed by atoms with Crippen molar-refractivity contribution < 1.29 is 17.6 Å². The lowest BCUT2D eigenvalue weighted by atomic mass is 10.2. The van der Waals surface area contributed by atoms with Crippen LogP contribution in [0.1, 0.15) is 15.9 Å². The van der Waals surface area contributed by atoms with Crippen molar-refractivity contribution in [2.75, 3.05) is 17.0 Å². The van der Waals surface area contributed by atoms with E-state index in [1.807, 2.05) is 0 Å². The fourth-order valence-electron chi connectivity index (χ4n) is 1.88. The number of hydrogen-bond donors (Lipinski definition) is 3. The van der Waals surface area contributed by atoms with Gasteiger partial charge in [0.1, 0.15) is 10.5 Å². The highest BCUT2D eigenvalue weighted by atomic mass is 32.2. The number of H-pyrrole nitrogens is 1. The van der Waals surface area contributed by atoms with Gasteiger partial charge in [-0.2, -0.15) is 0 Å². The second kappa shape index (κ2) is 7.54. The molecule has 1 aromatic heterocycles. The molecule has 128 valence electrons. The van der Waals surface area contributed by atoms with E-state index >= 15 is 0 Å². The number of aryl methyl sites for hydroxylation is 1. The average molecular weight is 369 g/mol. The zero-order valence-electron chi connectivity index (χ0n) is 12.8. The molecule has 0 radical (unpaired) electrons. The molecule has 0 spiro atoms. The number of rotatable bonds is 6. The molecule has 0 unspecified atom stereocenters. The molecular formula is C15H16FN3O3S2. The molecule has 0 aliphatic heterocycles. The number of carbonyl (C=O) groups excluding carboxylic acids is 1. The van der Waals surface area contributed by atoms with Crippen molar-refractivity contribution in [1.29, 1.82) is 0 Å². The van der Waals surface area contributed by atoms with E-state index in [2.05, 4.69) is 15.0 Å². The molecule has 0 bridgehead atoms. The summed E-state index contributed by atoms with van der Waals surface area (Å²) in [7, 11) is -3.72. The molecule has 2 aromatic rings. The van der Waals surface area contributed by atoms with Crippen LogP contribution in [0, 0.1) is 17.4 Å². The Hall–Kier alpha value is -2.26. The number of carbonyl (C=O) groups is 1. The summed E-state index contributed by atoms with van der Waals surface area (Å²) in [6.45, 7) is 1.48. The quantitative estimate of drug-likeness (QED) is 0.682. The van der Waals surface area contributed by atoms with Gasteiger partial charge < -0.3 is 10.3 Å². The summed E-state index contributed by atoms with van der Waals surface area (Å²) in [5, 5.41) is 2.48. The Bertz CT molecular complexity index is 910. The normalized spacial score (nSPS) is 11.1. The first-order valence-electron chi connectivity index (χ1n) is 7.01. The molecule has 0 saturated heterocycles. The summed E-state index contributed by atoms with van der Waals surface area (Å²) in [5.74, 6) is -1.31. The number of sulfonamides is 1. The summed E-state index contributed by atoms with van der Waals surface area (Å²) in [5.41, 5.74) is 0.818. The third kappa shape index (κ3) is 4.87. The van der Waals surface area contributed by atoms with Crippen LogP contribution in [0.3, 0.4) is 0 Å². The van der Waals surface area contributed by atoms with Crippen LogP contribution in [0.25, 0.3) is 0 Å². The number of aromatic amines is 1. The van der Waals surface area contributed by atoms with Crippen LogP contribution >= 0.6 is 12.2 Å². The minimum Gasteiger partial charge on any atom is -0.352 e. The van der Waals surface area contributed by atoms with E-state index in [1.54, 1.807) is 19.2 Å². The molecule has 0 saturated carbocycles. The molecule has 3 N–H and O–H groups in total. The maximum Gasteiger partial charge on any atom is 0.254 e. The molecular weight excluding hydrogens is 353 g/mol. The monoisotopic (exact) mass is 369 g/mol. The predicted molar refractivity (Wildman–Crippen MR) is 92.5 cm³/mol. The van der Waals surface area contributed by atoms with Crippen LogP contribution in [-0.2, 0) is 10.0 Å². The maximum absolute atomic E-state index is 13.4. The molecule has 0 aliphatic rings. The van der Waals surface area contributed by atoms with Crippen LogP contribution in [0.15, 0.2) is 36.5 Å². The number of amides is 1. The lowest BCUT2D eigenvalue weighted by Gasteiger charge is -2.09. The molecule has 1 heterocycles. The lowest BCUT2D eigenvalue weighted by Crippen LogP contribution is -2.31. The van der Waals surface area contributed by atoms with Gasteiger partial charge in [0.15, 0.2) is 0 Å². The fourth-order valence-corrected chi connectivity index (χ4v) is 3.07. The minimum atomic E-state index is -3.72. The Labute approximate surface area is 144 Å². The van der Waals surface area contributed by atoms with E-state index < -0.39 is 21.7 Å². The van der Waals surface area contributed by atoms with Crippen molar-refractivity contribution in [1.82, 2.24) is 10.3 Å². The van der Waals surface area contributed by atoms with Gasteiger partial charge in [0.25, 0.3) is 5.91 Å². The number of aromatic nitrogens is 1. The SMILES string of the molecule is Cc1ccc(NS(=O)(=O)CCNC(=O)c2ccc[nH]c2=S)cc1F. The first kappa shape index (κ1) is 18.1. The van der Waals surface area contributed by atoms with E-state index in [9.17, 15) is 17.6 Å². The van der Waals surface area contributed by atoms with E-state index in [0.29, 0.717) is 5.56 Å². The largest absolute Gasteiger partial charge is 0.352 e. The summed E-state index contributed by atoms with van der Waals surface area (Å²) in [4.78, 5) is 14.6. The van der Waals surface area contributed by atoms with Crippen molar-refractivity contribution in [2.24, 2.45) is 0 Å². The third-order valence-corrected chi connectivity index (χ3v) is 4.79. The van der Waals surface area contributed by atoms with Crippen LogP contribution < -0.4 is 10.0 Å². The summed E-state index contributed by atoms with van der Waals surface area (Å²) in [6, 6.07) is 7.21. The molecule has 0 atom stereocenters. The van der Waals surface area contributed by atoms with Gasteiger partial charge in [0.05, 0.1) is 17.0 Å². The van der Waals surface area contributed by atoms with E-state index in [1.165, 1.54) is 18.2 Å². The van der Waals surface area contributed by atoms with Gasteiger partial charge in [-0.3, -0.25) is 9.52 Å². The van der Waals surface area contributed by atoms with Gasteiger partial charge in [0.2, 0.25) is 10.0 Å². The smallest absolute Gasteiger partial charge is 0.254 e. The zero-order chi connectivity index (χ0) is 17.7. The topological polar surface area (TPSA) is 91.1 Å². The van der Waals surface area contributed by atoms with Crippen LogP contribution in [0.4, 0.5) is 10.1 Å². The van der Waals surface area contributed by atoms with Gasteiger partial charge in [-0.25, -0.2) is 12.8 Å². The van der Waals surface area contributed by atoms with Crippen molar-refractivity contribution in [3.63, 3.8) is 0 Å². The van der Waals surface area contributed by atoms with Crippen molar-refractivity contribution in [3.8, 4) is 0 Å². The molecule has 24 heavy (non-hydrogen) atoms. The standard InChI is InChI=1S/C15H16FN3O3S2/c1-10-4-5-11(9-13(10)16)19-24(21,22)8-7-17-14(20)12-3-2-6-18-15(12)23/h2-6,9,19H,7-8H2,1H3,(H,17,20)(H,18,23). The summed E-state index contributed by atoms with van der Waals surface area (Å²) < 4.78 is 39.9. The summed E-state index contributed by atoms with van der Waals surface area (Å²) >= 11 is 4.98. The number of nitrogens with one attached hydrogen (secondary N) is 3. The second-order valence-corrected chi connectivity index (χ2v) is 7.30. The first-order valence-corrected chi connectivity index (χ1v) is 9.07. The first-order chi connectivity index (χ1) is 11.3. The minimum absolute atomic E-state index is 0.105. The Morgan fingerprint density at radius 2 is 2.08 bits per heavy atom.